The van der Waals surface area contributed by atoms with E-state index in [9.17, 15) is 4.21 Å². The molecule has 0 amide bonds. The van der Waals surface area contributed by atoms with Crippen molar-refractivity contribution in [3.05, 3.63) is 30.3 Å². The van der Waals surface area contributed by atoms with Gasteiger partial charge in [-0.3, -0.25) is 4.55 Å². The Balaban J connectivity index is 0.00000121. The molecule has 0 heterocycles. The number of nitriles is 1. The molecule has 0 aliphatic heterocycles. The van der Waals surface area contributed by atoms with Gasteiger partial charge < -0.3 is 0 Å². The van der Waals surface area contributed by atoms with Gasteiger partial charge in [0.15, 0.2) is 5.40 Å². The van der Waals surface area contributed by atoms with E-state index in [2.05, 4.69) is 0 Å². The van der Waals surface area contributed by atoms with E-state index in [0.29, 0.717) is 0 Å². The normalized spacial score (nSPS) is 11.0. The molecule has 3 nitrogen and oxygen atoms in total. The number of thiocyanates is 1. The molecule has 0 aliphatic carbocycles. The van der Waals surface area contributed by atoms with Gasteiger partial charge in [-0.05, 0) is 12.1 Å². The Morgan fingerprint density at radius 3 is 2.25 bits per heavy atom. The molecule has 1 N–H and O–H groups in total. The SMILES string of the molecule is N#C[SH](=O)(O)c1ccccc1.[NaH]. The van der Waals surface area contributed by atoms with Gasteiger partial charge in [0, 0.05) is 0 Å². The molecule has 0 fully saturated rings. The van der Waals surface area contributed by atoms with Crippen molar-refractivity contribution in [2.75, 3.05) is 0 Å². The molecule has 1 aromatic rings. The average molecular weight is 193 g/mol. The zero-order chi connectivity index (χ0) is 8.32. The molecule has 60 valence electrons. The molecule has 1 aromatic carbocycles. The van der Waals surface area contributed by atoms with Crippen LogP contribution in [0.4, 0.5) is 0 Å². The van der Waals surface area contributed by atoms with Crippen molar-refractivity contribution < 1.29 is 8.76 Å². The summed E-state index contributed by atoms with van der Waals surface area (Å²) in [7, 11) is -3.72. The van der Waals surface area contributed by atoms with Gasteiger partial charge in [0.2, 0.25) is 0 Å². The van der Waals surface area contributed by atoms with Gasteiger partial charge in [-0.2, -0.15) is 9.47 Å². The first-order valence-electron chi connectivity index (χ1n) is 2.96. The van der Waals surface area contributed by atoms with Crippen molar-refractivity contribution in [3.63, 3.8) is 0 Å². The third-order valence-corrected chi connectivity index (χ3v) is 2.51. The van der Waals surface area contributed by atoms with Crippen molar-refractivity contribution in [2.24, 2.45) is 0 Å². The predicted octanol–water partition coefficient (Wildman–Crippen LogP) is 0.368. The van der Waals surface area contributed by atoms with Crippen LogP contribution in [0.25, 0.3) is 0 Å². The molecule has 0 aliphatic rings. The number of nitrogens with zero attached hydrogens (tertiary/aromatic N) is 1. The van der Waals surface area contributed by atoms with Gasteiger partial charge >= 0.3 is 29.6 Å². The van der Waals surface area contributed by atoms with E-state index < -0.39 is 10.2 Å². The molecule has 0 saturated heterocycles. The summed E-state index contributed by atoms with van der Waals surface area (Å²) in [5.41, 5.74) is 0. The van der Waals surface area contributed by atoms with Gasteiger partial charge in [-0.15, -0.1) is 0 Å². The summed E-state index contributed by atoms with van der Waals surface area (Å²) in [6, 6.07) is 7.89. The molecule has 0 atom stereocenters. The molecule has 0 unspecified atom stereocenters. The van der Waals surface area contributed by atoms with Crippen molar-refractivity contribution in [3.8, 4) is 5.40 Å². The minimum atomic E-state index is -3.72. The molecule has 0 aromatic heterocycles. The molecular weight excluding hydrogens is 185 g/mol. The standard InChI is InChI=1S/C7H7NO2S.Na.H/c8-6-11(9,10)7-4-2-1-3-5-7;;/h1-5,11H,(H,9,10);;. The number of thiol groups is 1. The molecule has 5 heteroatoms. The Morgan fingerprint density at radius 1 is 1.33 bits per heavy atom. The van der Waals surface area contributed by atoms with Crippen LogP contribution in [0.15, 0.2) is 35.2 Å². The van der Waals surface area contributed by atoms with Crippen LogP contribution in [0.1, 0.15) is 0 Å². The monoisotopic (exact) mass is 193 g/mol. The van der Waals surface area contributed by atoms with Crippen LogP contribution in [0.3, 0.4) is 0 Å². The third-order valence-electron chi connectivity index (χ3n) is 1.24. The molecular formula is C7H8NNaO2S. The van der Waals surface area contributed by atoms with E-state index >= 15 is 0 Å². The first-order chi connectivity index (χ1) is 5.17. The van der Waals surface area contributed by atoms with Crippen LogP contribution in [-0.4, -0.2) is 38.3 Å². The van der Waals surface area contributed by atoms with Crippen LogP contribution in [0.2, 0.25) is 0 Å². The van der Waals surface area contributed by atoms with Crippen molar-refractivity contribution in [2.45, 2.75) is 4.90 Å². The van der Waals surface area contributed by atoms with E-state index in [-0.39, 0.29) is 34.5 Å². The first kappa shape index (κ1) is 11.8. The van der Waals surface area contributed by atoms with Crippen molar-refractivity contribution in [1.82, 2.24) is 0 Å². The Bertz CT molecular complexity index is 333. The Hall–Kier alpha value is -0.180. The number of hydrogen-bond donors (Lipinski definition) is 2. The topological polar surface area (TPSA) is 61.1 Å². The third kappa shape index (κ3) is 2.70. The van der Waals surface area contributed by atoms with Crippen molar-refractivity contribution >= 4 is 39.8 Å². The maximum absolute atomic E-state index is 11.0. The molecule has 0 radical (unpaired) electrons. The second-order valence-corrected chi connectivity index (χ2v) is 3.88. The number of benzene rings is 1. The number of rotatable bonds is 1. The van der Waals surface area contributed by atoms with Gasteiger partial charge in [-0.1, -0.05) is 28.4 Å². The molecule has 0 saturated carbocycles. The minimum absolute atomic E-state index is 0. The Labute approximate surface area is 93.9 Å². The van der Waals surface area contributed by atoms with E-state index in [4.69, 9.17) is 9.81 Å². The summed E-state index contributed by atoms with van der Waals surface area (Å²) in [5, 5.41) is 9.65. The fourth-order valence-corrected chi connectivity index (χ4v) is 1.38. The quantitative estimate of drug-likeness (QED) is 0.385. The fraction of sp³-hybridized carbons (Fsp3) is 0. The molecule has 12 heavy (non-hydrogen) atoms. The summed E-state index contributed by atoms with van der Waals surface area (Å²) < 4.78 is 20.0. The van der Waals surface area contributed by atoms with Crippen LogP contribution in [0.5, 0.6) is 0 Å². The second kappa shape index (κ2) is 4.75. The van der Waals surface area contributed by atoms with Crippen LogP contribution < -0.4 is 0 Å². The van der Waals surface area contributed by atoms with E-state index in [1.54, 1.807) is 18.2 Å². The zero-order valence-electron chi connectivity index (χ0n) is 5.64. The summed E-state index contributed by atoms with van der Waals surface area (Å²) in [6.07, 6.45) is 0. The van der Waals surface area contributed by atoms with E-state index in [1.807, 2.05) is 0 Å². The van der Waals surface area contributed by atoms with Gasteiger partial charge in [-0.25, -0.2) is 0 Å². The van der Waals surface area contributed by atoms with E-state index in [1.165, 1.54) is 17.5 Å². The molecule has 0 spiro atoms. The Kier molecular flexibility index (Phi) is 4.68. The van der Waals surface area contributed by atoms with Gasteiger partial charge in [0.25, 0.3) is 0 Å². The molecule has 1 rings (SSSR count). The zero-order valence-corrected chi connectivity index (χ0v) is 6.53. The van der Waals surface area contributed by atoms with Crippen molar-refractivity contribution in [1.29, 1.82) is 5.26 Å². The fourth-order valence-electron chi connectivity index (χ4n) is 0.688. The summed E-state index contributed by atoms with van der Waals surface area (Å²) in [4.78, 5) is 0.183. The Morgan fingerprint density at radius 2 is 1.83 bits per heavy atom. The van der Waals surface area contributed by atoms with Gasteiger partial charge in [0.05, 0.1) is 4.90 Å². The second-order valence-electron chi connectivity index (χ2n) is 2.01. The average Bonchev–Trinajstić information content (AvgIpc) is 2.06. The predicted molar refractivity (Wildman–Crippen MR) is 49.6 cm³/mol. The first-order valence-corrected chi connectivity index (χ1v) is 4.62. The van der Waals surface area contributed by atoms with Crippen LogP contribution in [-0.2, 0) is 10.2 Å². The summed E-state index contributed by atoms with van der Waals surface area (Å²) in [6.45, 7) is 0. The maximum atomic E-state index is 11.0. The van der Waals surface area contributed by atoms with E-state index in [0.717, 1.165) is 0 Å². The number of hydrogen-bond acceptors (Lipinski definition) is 2. The van der Waals surface area contributed by atoms with Crippen LogP contribution >= 0.6 is 0 Å². The summed E-state index contributed by atoms with van der Waals surface area (Å²) >= 11 is 0. The van der Waals surface area contributed by atoms with Gasteiger partial charge in [0.1, 0.15) is 0 Å². The van der Waals surface area contributed by atoms with Crippen LogP contribution in [0, 0.1) is 10.7 Å². The molecule has 0 bridgehead atoms. The summed E-state index contributed by atoms with van der Waals surface area (Å²) in [5.74, 6) is 0.